The molecule has 0 unspecified atom stereocenters. The molecule has 2 aliphatic rings. The second kappa shape index (κ2) is 9.42. The first kappa shape index (κ1) is 21.5. The fourth-order valence-electron chi connectivity index (χ4n) is 4.17. The minimum Gasteiger partial charge on any atom is -0.444 e. The molecule has 2 fully saturated rings. The molecular weight excluding hydrogens is 346 g/mol. The van der Waals surface area contributed by atoms with Gasteiger partial charge >= 0.3 is 6.09 Å². The van der Waals surface area contributed by atoms with Gasteiger partial charge in [-0.1, -0.05) is 25.7 Å². The Morgan fingerprint density at radius 2 is 1.26 bits per heavy atom. The first-order valence-corrected chi connectivity index (χ1v) is 10.2. The third kappa shape index (κ3) is 6.40. The average molecular weight is 382 g/mol. The van der Waals surface area contributed by atoms with Gasteiger partial charge in [-0.2, -0.15) is 0 Å². The largest absolute Gasteiger partial charge is 0.444 e. The molecule has 3 N–H and O–H groups in total. The van der Waals surface area contributed by atoms with E-state index in [2.05, 4.69) is 16.0 Å². The SMILES string of the molecule is CNC(=O)[C@@H]1CCCC[C@@H]1NC(=O)[C@@H]1CCCC[C@@H]1NC(=O)OC(C)(C)C. The van der Waals surface area contributed by atoms with E-state index in [1.807, 2.05) is 20.8 Å². The van der Waals surface area contributed by atoms with Crippen molar-refractivity contribution in [3.8, 4) is 0 Å². The summed E-state index contributed by atoms with van der Waals surface area (Å²) in [5.41, 5.74) is -0.570. The number of ether oxygens (including phenoxy) is 1. The molecule has 0 saturated heterocycles. The number of hydrogen-bond acceptors (Lipinski definition) is 4. The molecule has 27 heavy (non-hydrogen) atoms. The Hall–Kier alpha value is -1.79. The van der Waals surface area contributed by atoms with E-state index in [0.717, 1.165) is 51.4 Å². The van der Waals surface area contributed by atoms with Crippen molar-refractivity contribution in [1.82, 2.24) is 16.0 Å². The number of alkyl carbamates (subject to hydrolysis) is 1. The van der Waals surface area contributed by atoms with Crippen LogP contribution in [0.15, 0.2) is 0 Å². The first-order valence-electron chi connectivity index (χ1n) is 10.2. The summed E-state index contributed by atoms with van der Waals surface area (Å²) in [7, 11) is 1.64. The van der Waals surface area contributed by atoms with Crippen LogP contribution < -0.4 is 16.0 Å². The van der Waals surface area contributed by atoms with Crippen LogP contribution in [0.3, 0.4) is 0 Å². The normalized spacial score (nSPS) is 28.7. The molecule has 4 atom stereocenters. The highest BCUT2D eigenvalue weighted by atomic mass is 16.6. The van der Waals surface area contributed by atoms with Gasteiger partial charge < -0.3 is 20.7 Å². The minimum absolute atomic E-state index is 0.00734. The smallest absolute Gasteiger partial charge is 0.407 e. The van der Waals surface area contributed by atoms with Crippen LogP contribution >= 0.6 is 0 Å². The zero-order valence-corrected chi connectivity index (χ0v) is 17.1. The molecule has 0 aromatic carbocycles. The maximum Gasteiger partial charge on any atom is 0.407 e. The Morgan fingerprint density at radius 1 is 0.778 bits per heavy atom. The summed E-state index contributed by atoms with van der Waals surface area (Å²) in [6, 6.07) is -0.356. The van der Waals surface area contributed by atoms with Crippen LogP contribution in [0, 0.1) is 11.8 Å². The Bertz CT molecular complexity index is 544. The molecule has 2 saturated carbocycles. The van der Waals surface area contributed by atoms with E-state index in [9.17, 15) is 14.4 Å². The summed E-state index contributed by atoms with van der Waals surface area (Å²) in [5, 5.41) is 8.71. The van der Waals surface area contributed by atoms with Crippen LogP contribution in [0.25, 0.3) is 0 Å². The maximum absolute atomic E-state index is 13.0. The van der Waals surface area contributed by atoms with Crippen LogP contribution in [0.4, 0.5) is 4.79 Å². The first-order chi connectivity index (χ1) is 12.7. The number of amides is 3. The third-order valence-electron chi connectivity index (χ3n) is 5.48. The monoisotopic (exact) mass is 381 g/mol. The highest BCUT2D eigenvalue weighted by molar-refractivity contribution is 5.83. The van der Waals surface area contributed by atoms with Crippen LogP contribution in [-0.2, 0) is 14.3 Å². The zero-order valence-electron chi connectivity index (χ0n) is 17.1. The van der Waals surface area contributed by atoms with Gasteiger partial charge in [-0.3, -0.25) is 9.59 Å². The standard InChI is InChI=1S/C20H35N3O4/c1-20(2,3)27-19(26)23-16-12-8-6-10-14(16)18(25)22-15-11-7-5-9-13(15)17(24)21-4/h13-16H,5-12H2,1-4H3,(H,21,24)(H,22,25)(H,23,26)/t13-,14-,15+,16+/m1/s1. The van der Waals surface area contributed by atoms with Crippen LogP contribution in [0.1, 0.15) is 72.1 Å². The van der Waals surface area contributed by atoms with E-state index in [1.165, 1.54) is 0 Å². The van der Waals surface area contributed by atoms with Crippen molar-refractivity contribution in [3.05, 3.63) is 0 Å². The molecule has 7 heteroatoms. The van der Waals surface area contributed by atoms with E-state index >= 15 is 0 Å². The molecule has 7 nitrogen and oxygen atoms in total. The van der Waals surface area contributed by atoms with Gasteiger partial charge in [-0.25, -0.2) is 4.79 Å². The van der Waals surface area contributed by atoms with Crippen molar-refractivity contribution in [2.24, 2.45) is 11.8 Å². The average Bonchev–Trinajstić information content (AvgIpc) is 2.60. The lowest BCUT2D eigenvalue weighted by Crippen LogP contribution is -2.54. The van der Waals surface area contributed by atoms with Gasteiger partial charge in [-0.05, 0) is 46.5 Å². The van der Waals surface area contributed by atoms with Crippen molar-refractivity contribution in [3.63, 3.8) is 0 Å². The van der Waals surface area contributed by atoms with Gasteiger partial charge in [0.25, 0.3) is 0 Å². The van der Waals surface area contributed by atoms with Gasteiger partial charge in [-0.15, -0.1) is 0 Å². The molecule has 3 amide bonds. The maximum atomic E-state index is 13.0. The number of nitrogens with one attached hydrogen (secondary N) is 3. The fraction of sp³-hybridized carbons (Fsp3) is 0.850. The quantitative estimate of drug-likeness (QED) is 0.697. The predicted molar refractivity (Wildman–Crippen MR) is 103 cm³/mol. The summed E-state index contributed by atoms with van der Waals surface area (Å²) in [6.45, 7) is 5.46. The van der Waals surface area contributed by atoms with Crippen molar-refractivity contribution < 1.29 is 19.1 Å². The van der Waals surface area contributed by atoms with Gasteiger partial charge in [0.1, 0.15) is 5.60 Å². The van der Waals surface area contributed by atoms with Crippen LogP contribution in [0.2, 0.25) is 0 Å². The van der Waals surface area contributed by atoms with E-state index in [1.54, 1.807) is 7.05 Å². The molecule has 0 radical (unpaired) electrons. The molecule has 2 aliphatic carbocycles. The van der Waals surface area contributed by atoms with Gasteiger partial charge in [0.2, 0.25) is 11.8 Å². The highest BCUT2D eigenvalue weighted by Gasteiger charge is 2.37. The number of carbonyl (C=O) groups excluding carboxylic acids is 3. The topological polar surface area (TPSA) is 96.5 Å². The van der Waals surface area contributed by atoms with E-state index in [0.29, 0.717) is 0 Å². The molecular formula is C20H35N3O4. The Balaban J connectivity index is 1.99. The van der Waals surface area contributed by atoms with Gasteiger partial charge in [0.15, 0.2) is 0 Å². The van der Waals surface area contributed by atoms with Crippen LogP contribution in [-0.4, -0.2) is 42.6 Å². The second-order valence-corrected chi connectivity index (χ2v) is 8.76. The van der Waals surface area contributed by atoms with Gasteiger partial charge in [0.05, 0.1) is 11.8 Å². The van der Waals surface area contributed by atoms with Crippen molar-refractivity contribution in [2.75, 3.05) is 7.05 Å². The van der Waals surface area contributed by atoms with Crippen molar-refractivity contribution in [1.29, 1.82) is 0 Å². The van der Waals surface area contributed by atoms with Crippen molar-refractivity contribution in [2.45, 2.75) is 89.8 Å². The minimum atomic E-state index is -0.570. The molecule has 0 heterocycles. The Kier molecular flexibility index (Phi) is 7.50. The Labute approximate surface area is 162 Å². The molecule has 0 aromatic heterocycles. The lowest BCUT2D eigenvalue weighted by Gasteiger charge is -2.35. The molecule has 154 valence electrons. The predicted octanol–water partition coefficient (Wildman–Crippen LogP) is 2.49. The molecule has 2 rings (SSSR count). The summed E-state index contributed by atoms with van der Waals surface area (Å²) >= 11 is 0. The number of rotatable bonds is 4. The molecule has 0 aromatic rings. The summed E-state index contributed by atoms with van der Waals surface area (Å²) in [6.07, 6.45) is 6.62. The number of carbonyl (C=O) groups is 3. The lowest BCUT2D eigenvalue weighted by atomic mass is 9.81. The fourth-order valence-corrected chi connectivity index (χ4v) is 4.17. The Morgan fingerprint density at radius 3 is 1.78 bits per heavy atom. The van der Waals surface area contributed by atoms with Crippen molar-refractivity contribution >= 4 is 17.9 Å². The van der Waals surface area contributed by atoms with Gasteiger partial charge in [0, 0.05) is 19.1 Å². The molecule has 0 aliphatic heterocycles. The zero-order chi connectivity index (χ0) is 20.0. The highest BCUT2D eigenvalue weighted by Crippen LogP contribution is 2.28. The summed E-state index contributed by atoms with van der Waals surface area (Å²) in [4.78, 5) is 37.3. The van der Waals surface area contributed by atoms with E-state index in [4.69, 9.17) is 4.74 Å². The second-order valence-electron chi connectivity index (χ2n) is 8.76. The van der Waals surface area contributed by atoms with E-state index < -0.39 is 11.7 Å². The summed E-state index contributed by atoms with van der Waals surface area (Å²) < 4.78 is 5.35. The third-order valence-corrected chi connectivity index (χ3v) is 5.48. The van der Waals surface area contributed by atoms with E-state index in [-0.39, 0.29) is 35.7 Å². The van der Waals surface area contributed by atoms with Crippen LogP contribution in [0.5, 0.6) is 0 Å². The molecule has 0 spiro atoms. The number of hydrogen-bond donors (Lipinski definition) is 3. The lowest BCUT2D eigenvalue weighted by molar-refractivity contribution is -0.130. The molecule has 0 bridgehead atoms. The summed E-state index contributed by atoms with van der Waals surface area (Å²) in [5.74, 6) is -0.518.